The van der Waals surface area contributed by atoms with Crippen LogP contribution < -0.4 is 10.6 Å². The maximum atomic E-state index is 13.5. The summed E-state index contributed by atoms with van der Waals surface area (Å²) in [6.07, 6.45) is 0.868. The Balaban J connectivity index is 1.70. The molecule has 5 heteroatoms. The third-order valence-corrected chi connectivity index (χ3v) is 5.33. The molecule has 3 rings (SSSR count). The number of halogens is 2. The molecule has 1 atom stereocenters. The zero-order valence-corrected chi connectivity index (χ0v) is 18.3. The molecular formula is C24H26BrFN2O. The number of benzene rings is 3. The first-order chi connectivity index (χ1) is 14.0. The molecule has 0 spiro atoms. The molecule has 29 heavy (non-hydrogen) atoms. The number of hydrogen-bond acceptors (Lipinski definition) is 3. The topological polar surface area (TPSA) is 33.3 Å². The summed E-state index contributed by atoms with van der Waals surface area (Å²) in [7, 11) is 1.72. The smallest absolute Gasteiger partial charge is 0.137 e. The Kier molecular flexibility index (Phi) is 7.67. The minimum absolute atomic E-state index is 0.144. The molecule has 0 unspecified atom stereocenters. The van der Waals surface area contributed by atoms with Crippen LogP contribution in [-0.4, -0.2) is 19.8 Å². The Bertz CT molecular complexity index is 930. The maximum Gasteiger partial charge on any atom is 0.137 e. The molecule has 2 N–H and O–H groups in total. The summed E-state index contributed by atoms with van der Waals surface area (Å²) in [6.45, 7) is 3.30. The van der Waals surface area contributed by atoms with Gasteiger partial charge in [-0.05, 0) is 64.7 Å². The molecule has 3 aromatic carbocycles. The third-order valence-electron chi connectivity index (χ3n) is 4.72. The fourth-order valence-electron chi connectivity index (χ4n) is 3.19. The van der Waals surface area contributed by atoms with Crippen molar-refractivity contribution in [2.24, 2.45) is 0 Å². The Hall–Kier alpha value is -2.37. The summed E-state index contributed by atoms with van der Waals surface area (Å²) >= 11 is 3.24. The minimum atomic E-state index is -0.255. The van der Waals surface area contributed by atoms with Gasteiger partial charge in [-0.25, -0.2) is 4.39 Å². The summed E-state index contributed by atoms with van der Waals surface area (Å²) < 4.78 is 19.4. The van der Waals surface area contributed by atoms with Gasteiger partial charge in [0.05, 0.1) is 28.5 Å². The van der Waals surface area contributed by atoms with Crippen molar-refractivity contribution in [1.82, 2.24) is 0 Å². The highest BCUT2D eigenvalue weighted by molar-refractivity contribution is 9.10. The molecular weight excluding hydrogens is 431 g/mol. The van der Waals surface area contributed by atoms with Gasteiger partial charge in [-0.15, -0.1) is 0 Å². The van der Waals surface area contributed by atoms with E-state index in [2.05, 4.69) is 63.8 Å². The number of para-hydroxylation sites is 2. The van der Waals surface area contributed by atoms with Crippen LogP contribution in [0.3, 0.4) is 0 Å². The Morgan fingerprint density at radius 2 is 1.66 bits per heavy atom. The molecule has 0 aliphatic rings. The fourth-order valence-corrected chi connectivity index (χ4v) is 3.62. The lowest BCUT2D eigenvalue weighted by Gasteiger charge is -2.22. The van der Waals surface area contributed by atoms with Crippen LogP contribution in [0.5, 0.6) is 0 Å². The van der Waals surface area contributed by atoms with Crippen molar-refractivity contribution in [1.29, 1.82) is 0 Å². The van der Waals surface area contributed by atoms with E-state index in [4.69, 9.17) is 4.74 Å². The predicted octanol–water partition coefficient (Wildman–Crippen LogP) is 6.18. The second-order valence-corrected chi connectivity index (χ2v) is 7.99. The van der Waals surface area contributed by atoms with Gasteiger partial charge in [-0.2, -0.15) is 0 Å². The van der Waals surface area contributed by atoms with Crippen molar-refractivity contribution in [3.8, 4) is 0 Å². The summed E-state index contributed by atoms with van der Waals surface area (Å²) in [6, 6.07) is 21.9. The van der Waals surface area contributed by atoms with Gasteiger partial charge >= 0.3 is 0 Å². The number of hydrogen-bond donors (Lipinski definition) is 2. The SMILES string of the molecule is COC[C@H](Cc1ccc(C)cc1)Nc1ccccc1NCc1ccc(F)c(Br)c1. The van der Waals surface area contributed by atoms with E-state index in [9.17, 15) is 4.39 Å². The Labute approximate surface area is 180 Å². The average Bonchev–Trinajstić information content (AvgIpc) is 2.72. The zero-order valence-electron chi connectivity index (χ0n) is 16.7. The molecule has 0 aromatic heterocycles. The van der Waals surface area contributed by atoms with E-state index in [-0.39, 0.29) is 11.9 Å². The molecule has 152 valence electrons. The highest BCUT2D eigenvalue weighted by Gasteiger charge is 2.12. The number of rotatable bonds is 9. The van der Waals surface area contributed by atoms with Crippen molar-refractivity contribution in [3.63, 3.8) is 0 Å². The van der Waals surface area contributed by atoms with Gasteiger partial charge in [0.25, 0.3) is 0 Å². The summed E-state index contributed by atoms with van der Waals surface area (Å²) in [4.78, 5) is 0. The molecule has 0 saturated carbocycles. The monoisotopic (exact) mass is 456 g/mol. The number of nitrogens with one attached hydrogen (secondary N) is 2. The molecule has 0 fully saturated rings. The van der Waals surface area contributed by atoms with Crippen molar-refractivity contribution in [2.75, 3.05) is 24.4 Å². The molecule has 0 aliphatic heterocycles. The normalized spacial score (nSPS) is 11.9. The number of anilines is 2. The van der Waals surface area contributed by atoms with Crippen molar-refractivity contribution in [3.05, 3.63) is 93.7 Å². The number of methoxy groups -OCH3 is 1. The molecule has 0 bridgehead atoms. The first-order valence-corrected chi connectivity index (χ1v) is 10.4. The van der Waals surface area contributed by atoms with Crippen molar-refractivity contribution < 1.29 is 9.13 Å². The molecule has 3 nitrogen and oxygen atoms in total. The summed E-state index contributed by atoms with van der Waals surface area (Å²) in [5.74, 6) is -0.255. The number of aryl methyl sites for hydroxylation is 1. The standard InChI is InChI=1S/C24H26BrFN2O/c1-17-7-9-18(10-8-17)13-20(16-29-2)28-24-6-4-3-5-23(24)27-15-19-11-12-22(26)21(25)14-19/h3-12,14,20,27-28H,13,15-16H2,1-2H3/t20-/m0/s1. The van der Waals surface area contributed by atoms with Gasteiger partial charge in [0, 0.05) is 13.7 Å². The zero-order chi connectivity index (χ0) is 20.6. The summed E-state index contributed by atoms with van der Waals surface area (Å²) in [5, 5.41) is 7.06. The maximum absolute atomic E-state index is 13.5. The van der Waals surface area contributed by atoms with Gasteiger partial charge in [0.15, 0.2) is 0 Å². The van der Waals surface area contributed by atoms with E-state index < -0.39 is 0 Å². The van der Waals surface area contributed by atoms with Crippen LogP contribution in [0.25, 0.3) is 0 Å². The highest BCUT2D eigenvalue weighted by atomic mass is 79.9. The van der Waals surface area contributed by atoms with Crippen molar-refractivity contribution in [2.45, 2.75) is 25.9 Å². The van der Waals surface area contributed by atoms with Crippen LogP contribution in [0.4, 0.5) is 15.8 Å². The second-order valence-electron chi connectivity index (χ2n) is 7.13. The number of ether oxygens (including phenoxy) is 1. The molecule has 0 radical (unpaired) electrons. The Morgan fingerprint density at radius 3 is 2.34 bits per heavy atom. The molecule has 0 saturated heterocycles. The Morgan fingerprint density at radius 1 is 0.966 bits per heavy atom. The van der Waals surface area contributed by atoms with Crippen LogP contribution in [0.15, 0.2) is 71.2 Å². The first kappa shape index (κ1) is 21.3. The van der Waals surface area contributed by atoms with Crippen LogP contribution in [0.1, 0.15) is 16.7 Å². The second kappa shape index (κ2) is 10.4. The van der Waals surface area contributed by atoms with Gasteiger partial charge in [-0.1, -0.05) is 48.0 Å². The van der Waals surface area contributed by atoms with Crippen LogP contribution in [-0.2, 0) is 17.7 Å². The predicted molar refractivity (Wildman–Crippen MR) is 122 cm³/mol. The van der Waals surface area contributed by atoms with Crippen LogP contribution in [0, 0.1) is 12.7 Å². The van der Waals surface area contributed by atoms with E-state index >= 15 is 0 Å². The minimum Gasteiger partial charge on any atom is -0.383 e. The average molecular weight is 457 g/mol. The van der Waals surface area contributed by atoms with E-state index in [1.807, 2.05) is 18.2 Å². The van der Waals surface area contributed by atoms with Gasteiger partial charge < -0.3 is 15.4 Å². The van der Waals surface area contributed by atoms with E-state index in [0.717, 1.165) is 23.4 Å². The van der Waals surface area contributed by atoms with Gasteiger partial charge in [0.1, 0.15) is 5.82 Å². The lowest BCUT2D eigenvalue weighted by atomic mass is 10.0. The van der Waals surface area contributed by atoms with Gasteiger partial charge in [0.2, 0.25) is 0 Å². The van der Waals surface area contributed by atoms with Crippen LogP contribution >= 0.6 is 15.9 Å². The van der Waals surface area contributed by atoms with E-state index in [1.165, 1.54) is 17.2 Å². The molecule has 0 amide bonds. The molecule has 0 aliphatic carbocycles. The third kappa shape index (κ3) is 6.31. The van der Waals surface area contributed by atoms with E-state index in [1.54, 1.807) is 19.2 Å². The highest BCUT2D eigenvalue weighted by Crippen LogP contribution is 2.24. The quantitative estimate of drug-likeness (QED) is 0.403. The van der Waals surface area contributed by atoms with E-state index in [0.29, 0.717) is 17.6 Å². The van der Waals surface area contributed by atoms with Gasteiger partial charge in [-0.3, -0.25) is 0 Å². The lowest BCUT2D eigenvalue weighted by molar-refractivity contribution is 0.185. The molecule has 0 heterocycles. The molecule has 3 aromatic rings. The van der Waals surface area contributed by atoms with Crippen molar-refractivity contribution >= 4 is 27.3 Å². The largest absolute Gasteiger partial charge is 0.383 e. The summed E-state index contributed by atoms with van der Waals surface area (Å²) in [5.41, 5.74) is 5.54. The van der Waals surface area contributed by atoms with Crippen LogP contribution in [0.2, 0.25) is 0 Å². The lowest BCUT2D eigenvalue weighted by Crippen LogP contribution is -2.28. The first-order valence-electron chi connectivity index (χ1n) is 9.63. The fraction of sp³-hybridized carbons (Fsp3) is 0.250.